The van der Waals surface area contributed by atoms with E-state index in [1.165, 1.54) is 35.6 Å². The minimum absolute atomic E-state index is 0.270. The minimum Gasteiger partial charge on any atom is -0.379 e. The van der Waals surface area contributed by atoms with Crippen LogP contribution >= 0.6 is 23.8 Å². The second-order valence-corrected chi connectivity index (χ2v) is 16.3. The van der Waals surface area contributed by atoms with Gasteiger partial charge < -0.3 is 14.6 Å². The van der Waals surface area contributed by atoms with Crippen LogP contribution < -0.4 is 5.32 Å². The number of ether oxygens (including phenoxy) is 1. The summed E-state index contributed by atoms with van der Waals surface area (Å²) in [6, 6.07) is 15.5. The summed E-state index contributed by atoms with van der Waals surface area (Å²) >= 11 is 12.6. The lowest BCUT2D eigenvalue weighted by Crippen LogP contribution is -2.40. The molecule has 2 aromatic heterocycles. The fraction of sp³-hybridized carbons (Fsp3) is 0.486. The minimum atomic E-state index is -3.66. The molecule has 4 atom stereocenters. The first-order valence-corrected chi connectivity index (χ1v) is 18.9. The molecule has 46 heavy (non-hydrogen) atoms. The normalized spacial score (nSPS) is 23.9. The monoisotopic (exact) mass is 677 g/mol. The van der Waals surface area contributed by atoms with Crippen LogP contribution in [0.25, 0.3) is 28.2 Å². The van der Waals surface area contributed by atoms with Crippen LogP contribution in [0.3, 0.4) is 0 Å². The maximum atomic E-state index is 13.6. The summed E-state index contributed by atoms with van der Waals surface area (Å²) in [5.41, 5.74) is 6.12. The van der Waals surface area contributed by atoms with E-state index >= 15 is 0 Å². The second-order valence-electron chi connectivity index (χ2n) is 13.5. The Bertz CT molecular complexity index is 1910. The van der Waals surface area contributed by atoms with Crippen molar-refractivity contribution < 1.29 is 13.2 Å². The highest BCUT2D eigenvalue weighted by atomic mass is 35.5. The van der Waals surface area contributed by atoms with Crippen molar-refractivity contribution in [1.82, 2.24) is 23.8 Å². The number of aryl methyl sites for hydroxylation is 2. The number of benzene rings is 2. The molecule has 11 heteroatoms. The van der Waals surface area contributed by atoms with Crippen molar-refractivity contribution in [2.45, 2.75) is 69.4 Å². The second kappa shape index (κ2) is 12.0. The summed E-state index contributed by atoms with van der Waals surface area (Å²) in [5, 5.41) is 9.74. The highest BCUT2D eigenvalue weighted by molar-refractivity contribution is 7.89. The van der Waals surface area contributed by atoms with Crippen molar-refractivity contribution in [3.63, 3.8) is 0 Å². The molecule has 2 saturated carbocycles. The first-order valence-electron chi connectivity index (χ1n) is 16.7. The maximum absolute atomic E-state index is 13.6. The zero-order valence-corrected chi connectivity index (χ0v) is 28.5. The van der Waals surface area contributed by atoms with E-state index in [-0.39, 0.29) is 10.9 Å². The van der Waals surface area contributed by atoms with Crippen LogP contribution in [0.15, 0.2) is 53.4 Å². The summed E-state index contributed by atoms with van der Waals surface area (Å²) in [7, 11) is -3.66. The van der Waals surface area contributed by atoms with Crippen molar-refractivity contribution in [3.05, 3.63) is 64.8 Å². The Hall–Kier alpha value is -2.76. The predicted molar refractivity (Wildman–Crippen MR) is 185 cm³/mol. The summed E-state index contributed by atoms with van der Waals surface area (Å²) in [4.78, 5) is 0.988. The number of nitrogens with one attached hydrogen (secondary N) is 1. The quantitative estimate of drug-likeness (QED) is 0.223. The van der Waals surface area contributed by atoms with E-state index in [4.69, 9.17) is 33.7 Å². The fourth-order valence-electron chi connectivity index (χ4n) is 8.61. The van der Waals surface area contributed by atoms with Gasteiger partial charge in [0.25, 0.3) is 0 Å². The number of hydrogen-bond donors (Lipinski definition) is 1. The first kappa shape index (κ1) is 30.6. The molecule has 8 nitrogen and oxygen atoms in total. The van der Waals surface area contributed by atoms with Crippen LogP contribution in [0.4, 0.5) is 0 Å². The largest absolute Gasteiger partial charge is 0.379 e. The highest BCUT2D eigenvalue weighted by Crippen LogP contribution is 2.49. The molecule has 0 spiro atoms. The van der Waals surface area contributed by atoms with E-state index in [1.54, 1.807) is 12.1 Å². The Morgan fingerprint density at radius 3 is 2.59 bits per heavy atom. The van der Waals surface area contributed by atoms with E-state index in [2.05, 4.69) is 28.9 Å². The molecule has 8 rings (SSSR count). The van der Waals surface area contributed by atoms with Gasteiger partial charge in [-0.25, -0.2) is 12.9 Å². The van der Waals surface area contributed by atoms with Gasteiger partial charge in [0, 0.05) is 47.4 Å². The molecule has 4 aliphatic rings. The average Bonchev–Trinajstić information content (AvgIpc) is 3.82. The lowest BCUT2D eigenvalue weighted by Gasteiger charge is -2.29. The van der Waals surface area contributed by atoms with Crippen molar-refractivity contribution in [2.24, 2.45) is 17.8 Å². The predicted octanol–water partition coefficient (Wildman–Crippen LogP) is 6.57. The van der Waals surface area contributed by atoms with Gasteiger partial charge in [-0.3, -0.25) is 0 Å². The number of rotatable bonds is 7. The van der Waals surface area contributed by atoms with Gasteiger partial charge in [0.05, 0.1) is 18.1 Å². The summed E-state index contributed by atoms with van der Waals surface area (Å²) < 4.78 is 38.4. The smallest absolute Gasteiger partial charge is 0.243 e. The third-order valence-electron chi connectivity index (χ3n) is 10.8. The topological polar surface area (TPSA) is 80.9 Å². The van der Waals surface area contributed by atoms with Gasteiger partial charge in [0.1, 0.15) is 16.3 Å². The number of halogens is 1. The van der Waals surface area contributed by atoms with Crippen LogP contribution in [-0.4, -0.2) is 64.2 Å². The summed E-state index contributed by atoms with van der Waals surface area (Å²) in [6.45, 7) is 4.61. The van der Waals surface area contributed by atoms with Gasteiger partial charge in [0.15, 0.2) is 5.82 Å². The first-order chi connectivity index (χ1) is 22.3. The molecule has 242 valence electrons. The van der Waals surface area contributed by atoms with E-state index in [9.17, 15) is 8.42 Å². The number of sulfonamides is 1. The van der Waals surface area contributed by atoms with Crippen LogP contribution in [0.1, 0.15) is 56.7 Å². The van der Waals surface area contributed by atoms with Gasteiger partial charge >= 0.3 is 0 Å². The molecule has 2 aromatic carbocycles. The van der Waals surface area contributed by atoms with E-state index in [0.29, 0.717) is 42.2 Å². The van der Waals surface area contributed by atoms with Gasteiger partial charge in [-0.1, -0.05) is 54.5 Å². The van der Waals surface area contributed by atoms with Crippen molar-refractivity contribution in [1.29, 1.82) is 0 Å². The lowest BCUT2D eigenvalue weighted by molar-refractivity contribution is 0.0730. The SMILES string of the molecule is C[C@@H](NC(=S)c1c(-c2ccc(Cl)cc2)c2c3n(c(-c4cccc(S(=O)(=O)N5CCOCC5)c4)nn13)CCCC2)[C@@H]1C[C@H]2CC[C@H]1C2. The summed E-state index contributed by atoms with van der Waals surface area (Å²) in [6.07, 6.45) is 8.28. The fourth-order valence-corrected chi connectivity index (χ4v) is 10.6. The Morgan fingerprint density at radius 1 is 1.04 bits per heavy atom. The van der Waals surface area contributed by atoms with Crippen LogP contribution in [0.2, 0.25) is 5.02 Å². The van der Waals surface area contributed by atoms with Gasteiger partial charge in [-0.15, -0.1) is 5.10 Å². The molecule has 2 aliphatic heterocycles. The van der Waals surface area contributed by atoms with E-state index in [1.807, 2.05) is 28.8 Å². The standard InChI is InChI=1S/C35H40ClN5O3S2/c1-22(30-20-23-8-9-25(30)19-23)37-34(45)32-31(24-10-12-27(36)13-11-24)29-7-2-3-14-40-33(38-41(32)35(29)40)26-5-4-6-28(21-26)46(42,43)39-15-17-44-18-16-39/h4-6,10-13,21-23,25,30H,2-3,7-9,14-20H2,1H3,(H,37,45)/t22-,23+,25+,30+/m1/s1. The number of nitrogens with zero attached hydrogens (tertiary/aromatic N) is 4. The van der Waals surface area contributed by atoms with Crippen molar-refractivity contribution in [2.75, 3.05) is 26.3 Å². The molecular formula is C35H40ClN5O3S2. The molecular weight excluding hydrogens is 638 g/mol. The molecule has 4 heterocycles. The Labute approximate surface area is 281 Å². The zero-order chi connectivity index (χ0) is 31.6. The molecule has 2 aliphatic carbocycles. The van der Waals surface area contributed by atoms with Gasteiger partial charge in [0.2, 0.25) is 10.0 Å². The third kappa shape index (κ3) is 5.21. The number of morpholine rings is 1. The molecule has 0 unspecified atom stereocenters. The molecule has 1 saturated heterocycles. The molecule has 4 aromatic rings. The van der Waals surface area contributed by atoms with Crippen molar-refractivity contribution in [3.8, 4) is 22.5 Å². The van der Waals surface area contributed by atoms with Gasteiger partial charge in [-0.2, -0.15) is 4.31 Å². The summed E-state index contributed by atoms with van der Waals surface area (Å²) in [5.74, 6) is 3.04. The third-order valence-corrected chi connectivity index (χ3v) is 13.3. The number of thiocarbonyl (C=S) groups is 1. The van der Waals surface area contributed by atoms with Gasteiger partial charge in [-0.05, 0) is 93.0 Å². The Kier molecular flexibility index (Phi) is 8.00. The van der Waals surface area contributed by atoms with Crippen molar-refractivity contribution >= 4 is 44.5 Å². The average molecular weight is 678 g/mol. The number of aromatic nitrogens is 3. The maximum Gasteiger partial charge on any atom is 0.243 e. The van der Waals surface area contributed by atoms with E-state index in [0.717, 1.165) is 71.5 Å². The van der Waals surface area contributed by atoms with Crippen LogP contribution in [0, 0.1) is 17.8 Å². The Balaban J connectivity index is 1.25. The highest BCUT2D eigenvalue weighted by Gasteiger charge is 2.42. The molecule has 1 N–H and O–H groups in total. The lowest BCUT2D eigenvalue weighted by atomic mass is 9.84. The van der Waals surface area contributed by atoms with Crippen LogP contribution in [-0.2, 0) is 27.7 Å². The number of fused-ring (bicyclic) bond motifs is 2. The molecule has 0 amide bonds. The molecule has 0 radical (unpaired) electrons. The molecule has 2 bridgehead atoms. The number of hydrogen-bond acceptors (Lipinski definition) is 5. The molecule has 3 fully saturated rings. The Morgan fingerprint density at radius 2 is 1.85 bits per heavy atom. The zero-order valence-electron chi connectivity index (χ0n) is 26.1. The van der Waals surface area contributed by atoms with E-state index < -0.39 is 10.0 Å². The van der Waals surface area contributed by atoms with Crippen LogP contribution in [0.5, 0.6) is 0 Å².